The van der Waals surface area contributed by atoms with Crippen LogP contribution in [0.2, 0.25) is 0 Å². The number of amides is 1. The lowest BCUT2D eigenvalue weighted by Crippen LogP contribution is -2.27. The zero-order valence-electron chi connectivity index (χ0n) is 9.83. The Morgan fingerprint density at radius 2 is 2.11 bits per heavy atom. The zero-order valence-corrected chi connectivity index (χ0v) is 9.83. The molecule has 1 unspecified atom stereocenters. The Balaban J connectivity index is 2.83. The molecule has 0 fully saturated rings. The van der Waals surface area contributed by atoms with E-state index in [0.717, 1.165) is 0 Å². The SMILES string of the molecule is COCCC(NC(=O)O)c1ccc([N+](=O)[O-])cc1. The van der Waals surface area contributed by atoms with E-state index in [1.807, 2.05) is 0 Å². The van der Waals surface area contributed by atoms with E-state index >= 15 is 0 Å². The van der Waals surface area contributed by atoms with E-state index in [2.05, 4.69) is 5.32 Å². The number of non-ortho nitro benzene ring substituents is 1. The summed E-state index contributed by atoms with van der Waals surface area (Å²) < 4.78 is 4.90. The first kappa shape index (κ1) is 13.9. The smallest absolute Gasteiger partial charge is 0.405 e. The Morgan fingerprint density at radius 3 is 2.56 bits per heavy atom. The molecule has 0 aliphatic rings. The van der Waals surface area contributed by atoms with Gasteiger partial charge in [0.15, 0.2) is 0 Å². The summed E-state index contributed by atoms with van der Waals surface area (Å²) in [6.45, 7) is 0.391. The molecule has 0 aliphatic heterocycles. The number of hydrogen-bond donors (Lipinski definition) is 2. The Hall–Kier alpha value is -2.15. The third-order valence-electron chi connectivity index (χ3n) is 2.41. The summed E-state index contributed by atoms with van der Waals surface area (Å²) in [7, 11) is 1.52. The molecule has 1 aromatic rings. The van der Waals surface area contributed by atoms with Crippen molar-refractivity contribution in [2.75, 3.05) is 13.7 Å². The molecule has 7 heteroatoms. The van der Waals surface area contributed by atoms with E-state index in [1.54, 1.807) is 0 Å². The summed E-state index contributed by atoms with van der Waals surface area (Å²) in [6, 6.07) is 5.32. The lowest BCUT2D eigenvalue weighted by Gasteiger charge is -2.16. The van der Waals surface area contributed by atoms with Gasteiger partial charge in [0.1, 0.15) is 0 Å². The van der Waals surface area contributed by atoms with Gasteiger partial charge in [0, 0.05) is 25.8 Å². The molecule has 0 heterocycles. The molecule has 1 aromatic carbocycles. The molecule has 0 aromatic heterocycles. The highest BCUT2D eigenvalue weighted by Crippen LogP contribution is 2.20. The van der Waals surface area contributed by atoms with E-state index in [0.29, 0.717) is 18.6 Å². The number of carboxylic acid groups (broad SMARTS) is 1. The third kappa shape index (κ3) is 4.02. The van der Waals surface area contributed by atoms with E-state index in [1.165, 1.54) is 31.4 Å². The van der Waals surface area contributed by atoms with Gasteiger partial charge in [-0.3, -0.25) is 10.1 Å². The number of nitrogens with one attached hydrogen (secondary N) is 1. The highest BCUT2D eigenvalue weighted by molar-refractivity contribution is 5.65. The second-order valence-electron chi connectivity index (χ2n) is 3.63. The van der Waals surface area contributed by atoms with Crippen LogP contribution < -0.4 is 5.32 Å². The molecule has 1 amide bonds. The normalized spacial score (nSPS) is 11.8. The van der Waals surface area contributed by atoms with Crippen molar-refractivity contribution >= 4 is 11.8 Å². The van der Waals surface area contributed by atoms with Crippen LogP contribution in [0.5, 0.6) is 0 Å². The fourth-order valence-corrected chi connectivity index (χ4v) is 1.54. The first-order chi connectivity index (χ1) is 8.54. The minimum absolute atomic E-state index is 0.0282. The Labute approximate surface area is 104 Å². The van der Waals surface area contributed by atoms with Gasteiger partial charge in [0.2, 0.25) is 0 Å². The van der Waals surface area contributed by atoms with Crippen LogP contribution in [0.1, 0.15) is 18.0 Å². The van der Waals surface area contributed by atoms with Crippen LogP contribution in [0.25, 0.3) is 0 Å². The summed E-state index contributed by atoms with van der Waals surface area (Å²) in [5, 5.41) is 21.6. The molecule has 7 nitrogen and oxygen atoms in total. The number of ether oxygens (including phenoxy) is 1. The molecule has 0 radical (unpaired) electrons. The summed E-state index contributed by atoms with van der Waals surface area (Å²) in [5.41, 5.74) is 0.639. The average molecular weight is 254 g/mol. The number of nitro groups is 1. The predicted molar refractivity (Wildman–Crippen MR) is 63.5 cm³/mol. The molecule has 0 saturated carbocycles. The molecule has 0 bridgehead atoms. The predicted octanol–water partition coefficient (Wildman–Crippen LogP) is 1.94. The van der Waals surface area contributed by atoms with Crippen molar-refractivity contribution in [3.63, 3.8) is 0 Å². The number of hydrogen-bond acceptors (Lipinski definition) is 4. The zero-order chi connectivity index (χ0) is 13.5. The van der Waals surface area contributed by atoms with Crippen molar-refractivity contribution in [1.29, 1.82) is 0 Å². The van der Waals surface area contributed by atoms with Gasteiger partial charge in [0.05, 0.1) is 11.0 Å². The maximum Gasteiger partial charge on any atom is 0.405 e. The standard InChI is InChI=1S/C11H14N2O5/c1-18-7-6-10(12-11(14)15)8-2-4-9(5-3-8)13(16)17/h2-5,10,12H,6-7H2,1H3,(H,14,15). The Kier molecular flexibility index (Phi) is 5.06. The molecule has 0 aliphatic carbocycles. The quantitative estimate of drug-likeness (QED) is 0.596. The van der Waals surface area contributed by atoms with Crippen LogP contribution >= 0.6 is 0 Å². The van der Waals surface area contributed by atoms with Crippen molar-refractivity contribution in [2.45, 2.75) is 12.5 Å². The first-order valence-electron chi connectivity index (χ1n) is 5.27. The Morgan fingerprint density at radius 1 is 1.50 bits per heavy atom. The highest BCUT2D eigenvalue weighted by atomic mass is 16.6. The molecular weight excluding hydrogens is 240 g/mol. The van der Waals surface area contributed by atoms with Crippen molar-refractivity contribution in [1.82, 2.24) is 5.32 Å². The maximum absolute atomic E-state index is 10.7. The van der Waals surface area contributed by atoms with Crippen molar-refractivity contribution < 1.29 is 19.6 Å². The minimum atomic E-state index is -1.14. The van der Waals surface area contributed by atoms with Gasteiger partial charge in [-0.2, -0.15) is 0 Å². The number of carbonyl (C=O) groups is 1. The van der Waals surface area contributed by atoms with E-state index in [9.17, 15) is 14.9 Å². The topological polar surface area (TPSA) is 102 Å². The summed E-state index contributed by atoms with van der Waals surface area (Å²) >= 11 is 0. The summed E-state index contributed by atoms with van der Waals surface area (Å²) in [4.78, 5) is 20.7. The fourth-order valence-electron chi connectivity index (χ4n) is 1.54. The number of nitrogens with zero attached hydrogens (tertiary/aromatic N) is 1. The van der Waals surface area contributed by atoms with Gasteiger partial charge in [-0.05, 0) is 12.0 Å². The van der Waals surface area contributed by atoms with Gasteiger partial charge < -0.3 is 15.2 Å². The van der Waals surface area contributed by atoms with Gasteiger partial charge >= 0.3 is 6.09 Å². The van der Waals surface area contributed by atoms with E-state index < -0.39 is 17.1 Å². The summed E-state index contributed by atoms with van der Waals surface area (Å²) in [6.07, 6.45) is -0.685. The molecule has 98 valence electrons. The lowest BCUT2D eigenvalue weighted by atomic mass is 10.0. The van der Waals surface area contributed by atoms with Gasteiger partial charge in [-0.15, -0.1) is 0 Å². The number of benzene rings is 1. The Bertz CT molecular complexity index is 418. The largest absolute Gasteiger partial charge is 0.465 e. The average Bonchev–Trinajstić information content (AvgIpc) is 2.34. The molecule has 1 atom stereocenters. The second-order valence-corrected chi connectivity index (χ2v) is 3.63. The molecule has 18 heavy (non-hydrogen) atoms. The summed E-state index contributed by atoms with van der Waals surface area (Å²) in [5.74, 6) is 0. The van der Waals surface area contributed by atoms with Crippen LogP contribution in [-0.2, 0) is 4.74 Å². The number of rotatable bonds is 6. The monoisotopic (exact) mass is 254 g/mol. The highest BCUT2D eigenvalue weighted by Gasteiger charge is 2.15. The van der Waals surface area contributed by atoms with E-state index in [4.69, 9.17) is 9.84 Å². The minimum Gasteiger partial charge on any atom is -0.465 e. The van der Waals surface area contributed by atoms with Gasteiger partial charge in [0.25, 0.3) is 5.69 Å². The van der Waals surface area contributed by atoms with Crippen LogP contribution in [0, 0.1) is 10.1 Å². The van der Waals surface area contributed by atoms with Crippen LogP contribution in [0.3, 0.4) is 0 Å². The maximum atomic E-state index is 10.7. The molecular formula is C11H14N2O5. The third-order valence-corrected chi connectivity index (χ3v) is 2.41. The van der Waals surface area contributed by atoms with Crippen molar-refractivity contribution in [3.05, 3.63) is 39.9 Å². The van der Waals surface area contributed by atoms with Gasteiger partial charge in [-0.25, -0.2) is 4.79 Å². The van der Waals surface area contributed by atoms with Crippen molar-refractivity contribution in [3.8, 4) is 0 Å². The number of methoxy groups -OCH3 is 1. The van der Waals surface area contributed by atoms with Crippen LogP contribution in [0.4, 0.5) is 10.5 Å². The van der Waals surface area contributed by atoms with Crippen LogP contribution in [0.15, 0.2) is 24.3 Å². The second kappa shape index (κ2) is 6.55. The van der Waals surface area contributed by atoms with Crippen molar-refractivity contribution in [2.24, 2.45) is 0 Å². The molecule has 0 spiro atoms. The molecule has 0 saturated heterocycles. The van der Waals surface area contributed by atoms with Gasteiger partial charge in [-0.1, -0.05) is 12.1 Å². The van der Waals surface area contributed by atoms with E-state index in [-0.39, 0.29) is 5.69 Å². The lowest BCUT2D eigenvalue weighted by molar-refractivity contribution is -0.384. The number of nitro benzene ring substituents is 1. The fraction of sp³-hybridized carbons (Fsp3) is 0.364. The molecule has 2 N–H and O–H groups in total. The van der Waals surface area contributed by atoms with Crippen LogP contribution in [-0.4, -0.2) is 29.8 Å². The molecule has 1 rings (SSSR count). The first-order valence-corrected chi connectivity index (χ1v) is 5.27.